The summed E-state index contributed by atoms with van der Waals surface area (Å²) in [7, 11) is 3.16. The molecular weight excluding hydrogens is 492 g/mol. The molecule has 3 aliphatic carbocycles. The summed E-state index contributed by atoms with van der Waals surface area (Å²) in [4.78, 5) is 38.8. The van der Waals surface area contributed by atoms with Gasteiger partial charge >= 0.3 is 0 Å². The lowest BCUT2D eigenvalue weighted by atomic mass is 9.57. The van der Waals surface area contributed by atoms with E-state index in [0.717, 1.165) is 0 Å². The van der Waals surface area contributed by atoms with Crippen molar-refractivity contribution >= 4 is 28.9 Å². The normalized spacial score (nSPS) is 27.2. The number of hydrogen-bond acceptors (Lipinski definition) is 10. The monoisotopic (exact) mass is 528 g/mol. The van der Waals surface area contributed by atoms with Crippen molar-refractivity contribution in [2.24, 2.45) is 23.0 Å². The van der Waals surface area contributed by atoms with E-state index in [1.165, 1.54) is 7.05 Å². The van der Waals surface area contributed by atoms with Gasteiger partial charge in [0.2, 0.25) is 5.78 Å². The number of fused-ring (bicyclic) bond motifs is 3. The van der Waals surface area contributed by atoms with Crippen molar-refractivity contribution < 1.29 is 34.8 Å². The molecule has 1 aromatic carbocycles. The molecular formula is C27H36N4O7. The molecule has 0 saturated heterocycles. The highest BCUT2D eigenvalue weighted by atomic mass is 16.3. The first-order valence-electron chi connectivity index (χ1n) is 12.6. The van der Waals surface area contributed by atoms with Crippen LogP contribution in [0.5, 0.6) is 5.75 Å². The predicted molar refractivity (Wildman–Crippen MR) is 140 cm³/mol. The number of benzene rings is 1. The number of carbonyl (C=O) groups excluding carboxylic acids is 3. The fourth-order valence-electron chi connectivity index (χ4n) is 6.06. The fraction of sp³-hybridized carbons (Fsp3) is 0.519. The molecule has 38 heavy (non-hydrogen) atoms. The Labute approximate surface area is 220 Å². The van der Waals surface area contributed by atoms with Gasteiger partial charge in [0.1, 0.15) is 22.8 Å². The minimum Gasteiger partial charge on any atom is -0.508 e. The van der Waals surface area contributed by atoms with Gasteiger partial charge in [-0.05, 0) is 42.9 Å². The van der Waals surface area contributed by atoms with Crippen LogP contribution in [0.1, 0.15) is 43.9 Å². The molecule has 206 valence electrons. The second-order valence-corrected chi connectivity index (χ2v) is 11.5. The number of aliphatic hydroxyl groups excluding tert-OH is 2. The van der Waals surface area contributed by atoms with E-state index >= 15 is 0 Å². The van der Waals surface area contributed by atoms with Gasteiger partial charge in [0, 0.05) is 42.9 Å². The summed E-state index contributed by atoms with van der Waals surface area (Å²) in [6, 6.07) is 0.623. The maximum absolute atomic E-state index is 13.9. The molecule has 0 aromatic heterocycles. The smallest absolute Gasteiger partial charge is 0.255 e. The molecule has 1 amide bonds. The first-order valence-corrected chi connectivity index (χ1v) is 12.6. The average molecular weight is 529 g/mol. The number of carbonyl (C=O) groups is 3. The Morgan fingerprint density at radius 3 is 2.39 bits per heavy atom. The van der Waals surface area contributed by atoms with Crippen molar-refractivity contribution in [2.45, 2.75) is 51.8 Å². The number of aromatic hydroxyl groups is 1. The van der Waals surface area contributed by atoms with E-state index in [4.69, 9.17) is 5.73 Å². The number of nitrogens with two attached hydrogens (primary N) is 1. The molecule has 4 atom stereocenters. The first-order chi connectivity index (χ1) is 17.7. The summed E-state index contributed by atoms with van der Waals surface area (Å²) in [6.07, 6.45) is 0.261. The molecule has 0 bridgehead atoms. The lowest BCUT2D eigenvalue weighted by molar-refractivity contribution is -0.150. The van der Waals surface area contributed by atoms with Crippen LogP contribution in [-0.4, -0.2) is 70.2 Å². The van der Waals surface area contributed by atoms with Crippen molar-refractivity contribution in [1.29, 1.82) is 0 Å². The molecule has 9 N–H and O–H groups in total. The Bertz CT molecular complexity index is 1290. The lowest BCUT2D eigenvalue weighted by Gasteiger charge is -2.49. The number of primary amides is 1. The topological polar surface area (TPSA) is 194 Å². The molecule has 11 heteroatoms. The summed E-state index contributed by atoms with van der Waals surface area (Å²) in [5, 5.41) is 54.2. The van der Waals surface area contributed by atoms with Crippen molar-refractivity contribution in [1.82, 2.24) is 10.6 Å². The van der Waals surface area contributed by atoms with Gasteiger partial charge in [0.15, 0.2) is 11.4 Å². The Morgan fingerprint density at radius 2 is 1.84 bits per heavy atom. The number of aliphatic hydroxyl groups is 3. The first kappa shape index (κ1) is 27.6. The van der Waals surface area contributed by atoms with E-state index in [9.17, 15) is 34.8 Å². The van der Waals surface area contributed by atoms with Crippen LogP contribution in [0.2, 0.25) is 0 Å². The van der Waals surface area contributed by atoms with E-state index in [0.29, 0.717) is 29.9 Å². The second kappa shape index (κ2) is 9.40. The van der Waals surface area contributed by atoms with Crippen molar-refractivity contribution in [3.63, 3.8) is 0 Å². The van der Waals surface area contributed by atoms with Crippen LogP contribution < -0.4 is 21.7 Å². The third kappa shape index (κ3) is 4.05. The summed E-state index contributed by atoms with van der Waals surface area (Å²) >= 11 is 0. The van der Waals surface area contributed by atoms with Gasteiger partial charge in [0.05, 0.1) is 11.6 Å². The van der Waals surface area contributed by atoms with Crippen molar-refractivity contribution in [3.8, 4) is 5.75 Å². The van der Waals surface area contributed by atoms with Gasteiger partial charge < -0.3 is 42.1 Å². The molecule has 3 unspecified atom stereocenters. The zero-order chi connectivity index (χ0) is 28.3. The molecule has 11 nitrogen and oxygen atoms in total. The standard InChI is InChI=1S/C27H36N4O7/c1-26(2,3)10-31-9-12-8-15(29-4)13-6-11-7-14-19(30-5)22(34)18(25(28)37)24(36)27(14,38)23(35)16(11)21(33)17(13)20(12)32/h8,11,14,19,29-33,36,38H,6-7,9-10H2,1-5H3,(H2,28,37)/t11?,14?,19-,27?/m0/s1. The molecule has 0 heterocycles. The van der Waals surface area contributed by atoms with E-state index in [1.807, 2.05) is 0 Å². The predicted octanol–water partition coefficient (Wildman–Crippen LogP) is 0.799. The molecule has 3 aliphatic rings. The zero-order valence-electron chi connectivity index (χ0n) is 22.2. The molecule has 0 spiro atoms. The Hall–Kier alpha value is -3.41. The van der Waals surface area contributed by atoms with Crippen molar-refractivity contribution in [3.05, 3.63) is 39.7 Å². The maximum atomic E-state index is 13.9. The van der Waals surface area contributed by atoms with Gasteiger partial charge in [-0.15, -0.1) is 0 Å². The third-order valence-corrected chi connectivity index (χ3v) is 7.83. The van der Waals surface area contributed by atoms with Gasteiger partial charge in [-0.2, -0.15) is 0 Å². The summed E-state index contributed by atoms with van der Waals surface area (Å²) in [5.41, 5.74) is 3.46. The number of rotatable bonds is 6. The number of ketones is 2. The number of anilines is 1. The van der Waals surface area contributed by atoms with Crippen LogP contribution >= 0.6 is 0 Å². The van der Waals surface area contributed by atoms with Gasteiger partial charge in [0.25, 0.3) is 5.91 Å². The van der Waals surface area contributed by atoms with Crippen molar-refractivity contribution in [2.75, 3.05) is 26.0 Å². The van der Waals surface area contributed by atoms with E-state index in [-0.39, 0.29) is 35.1 Å². The third-order valence-electron chi connectivity index (χ3n) is 7.83. The van der Waals surface area contributed by atoms with Crippen LogP contribution in [0.3, 0.4) is 0 Å². The Balaban J connectivity index is 1.87. The molecule has 1 aromatic rings. The van der Waals surface area contributed by atoms with E-state index < -0.39 is 58.0 Å². The molecule has 4 rings (SSSR count). The molecule has 1 saturated carbocycles. The van der Waals surface area contributed by atoms with Crippen LogP contribution in [0.25, 0.3) is 5.76 Å². The SMILES string of the molecule is CNc1cc(CNCC(C)(C)C)c(O)c2c1CC1CC3[C@H](NC)C(=O)C(C(N)=O)=C(O)C3(O)C(=O)C1=C2O. The average Bonchev–Trinajstić information content (AvgIpc) is 2.82. The number of Topliss-reactive ketones (excluding diaryl/α,β-unsaturated/α-hetero) is 2. The van der Waals surface area contributed by atoms with Gasteiger partial charge in [-0.25, -0.2) is 0 Å². The highest BCUT2D eigenvalue weighted by molar-refractivity contribution is 6.24. The summed E-state index contributed by atoms with van der Waals surface area (Å²) in [5.74, 6) is -6.68. The van der Waals surface area contributed by atoms with Gasteiger partial charge in [-0.3, -0.25) is 14.4 Å². The number of phenols is 1. The largest absolute Gasteiger partial charge is 0.508 e. The highest BCUT2D eigenvalue weighted by Gasteiger charge is 2.63. The van der Waals surface area contributed by atoms with Crippen LogP contribution in [-0.2, 0) is 27.3 Å². The summed E-state index contributed by atoms with van der Waals surface area (Å²) in [6.45, 7) is 7.17. The minimum absolute atomic E-state index is 0.000623. The number of phenolic OH excluding ortho intramolecular Hbond substituents is 1. The summed E-state index contributed by atoms with van der Waals surface area (Å²) < 4.78 is 0. The zero-order valence-corrected chi connectivity index (χ0v) is 22.2. The quantitative estimate of drug-likeness (QED) is 0.193. The molecule has 0 radical (unpaired) electrons. The minimum atomic E-state index is -2.66. The van der Waals surface area contributed by atoms with E-state index in [1.54, 1.807) is 13.1 Å². The van der Waals surface area contributed by atoms with Gasteiger partial charge in [-0.1, -0.05) is 20.8 Å². The number of nitrogens with one attached hydrogen (secondary N) is 3. The van der Waals surface area contributed by atoms with Crippen LogP contribution in [0.15, 0.2) is 23.0 Å². The van der Waals surface area contributed by atoms with Crippen LogP contribution in [0, 0.1) is 17.3 Å². The highest BCUT2D eigenvalue weighted by Crippen LogP contribution is 2.53. The number of likely N-dealkylation sites (N-methyl/N-ethyl adjacent to an activating group) is 1. The molecule has 0 aliphatic heterocycles. The molecule has 1 fully saturated rings. The lowest BCUT2D eigenvalue weighted by Crippen LogP contribution is -2.65. The Morgan fingerprint density at radius 1 is 1.18 bits per heavy atom. The van der Waals surface area contributed by atoms with Crippen LogP contribution in [0.4, 0.5) is 5.69 Å². The Kier molecular flexibility index (Phi) is 6.84. The fourth-order valence-corrected chi connectivity index (χ4v) is 6.06. The number of hydrogen-bond donors (Lipinski definition) is 8. The number of amides is 1. The maximum Gasteiger partial charge on any atom is 0.255 e. The second-order valence-electron chi connectivity index (χ2n) is 11.5. The van der Waals surface area contributed by atoms with E-state index in [2.05, 4.69) is 36.7 Å².